The average Bonchev–Trinajstić information content (AvgIpc) is 3.24. The van der Waals surface area contributed by atoms with Gasteiger partial charge in [-0.2, -0.15) is 0 Å². The number of halogens is 2. The largest absolute Gasteiger partial charge is 0.450 e. The maximum Gasteiger partial charge on any atom is 0.296 e. The van der Waals surface area contributed by atoms with Gasteiger partial charge in [-0.15, -0.1) is 0 Å². The molecule has 0 radical (unpaired) electrons. The van der Waals surface area contributed by atoms with Gasteiger partial charge >= 0.3 is 0 Å². The Kier molecular flexibility index (Phi) is 3.82. The van der Waals surface area contributed by atoms with E-state index in [2.05, 4.69) is 5.16 Å². The molecule has 1 unspecified atom stereocenters. The fraction of sp³-hybridized carbons (Fsp3) is 0.0952. The molecule has 0 N–H and O–H groups in total. The fourth-order valence-electron chi connectivity index (χ4n) is 3.64. The summed E-state index contributed by atoms with van der Waals surface area (Å²) in [6.07, 6.45) is 0. The number of carbonyl (C=O) groups is 1. The molecular weight excluding hydrogens is 399 g/mol. The van der Waals surface area contributed by atoms with E-state index >= 15 is 0 Å². The monoisotopic (exact) mass is 410 g/mol. The van der Waals surface area contributed by atoms with Gasteiger partial charge in [0, 0.05) is 16.7 Å². The Morgan fingerprint density at radius 1 is 1.14 bits per heavy atom. The van der Waals surface area contributed by atoms with Crippen LogP contribution in [0, 0.1) is 12.7 Å². The Bertz CT molecular complexity index is 1360. The van der Waals surface area contributed by atoms with E-state index in [1.54, 1.807) is 25.1 Å². The molecule has 0 aliphatic carbocycles. The smallest absolute Gasteiger partial charge is 0.296 e. The molecule has 8 heteroatoms. The molecule has 0 fully saturated rings. The molecular formula is C21H12ClFN2O4. The fourth-order valence-corrected chi connectivity index (χ4v) is 3.81. The minimum atomic E-state index is -1.05. The second-order valence-corrected chi connectivity index (χ2v) is 7.15. The van der Waals surface area contributed by atoms with Gasteiger partial charge in [-0.25, -0.2) is 4.39 Å². The van der Waals surface area contributed by atoms with Crippen LogP contribution < -0.4 is 10.3 Å². The number of aryl methyl sites for hydroxylation is 1. The van der Waals surface area contributed by atoms with Crippen molar-refractivity contribution < 1.29 is 18.1 Å². The molecule has 5 rings (SSSR count). The maximum atomic E-state index is 14.7. The molecule has 0 saturated carbocycles. The van der Waals surface area contributed by atoms with E-state index in [1.165, 1.54) is 35.2 Å². The molecule has 0 bridgehead atoms. The third-order valence-corrected chi connectivity index (χ3v) is 5.13. The first kappa shape index (κ1) is 17.6. The van der Waals surface area contributed by atoms with Crippen LogP contribution in [-0.4, -0.2) is 11.1 Å². The van der Waals surface area contributed by atoms with Gasteiger partial charge in [-0.3, -0.25) is 14.5 Å². The Balaban J connectivity index is 1.86. The van der Waals surface area contributed by atoms with Crippen LogP contribution in [0.25, 0.3) is 11.0 Å². The second kappa shape index (κ2) is 6.28. The lowest BCUT2D eigenvalue weighted by Crippen LogP contribution is -2.30. The Morgan fingerprint density at radius 2 is 1.93 bits per heavy atom. The summed E-state index contributed by atoms with van der Waals surface area (Å²) in [5, 5.41) is 4.45. The molecule has 3 heterocycles. The van der Waals surface area contributed by atoms with Crippen LogP contribution in [0.4, 0.5) is 10.2 Å². The minimum absolute atomic E-state index is 0.0375. The Morgan fingerprint density at radius 3 is 2.66 bits per heavy atom. The number of amides is 1. The van der Waals surface area contributed by atoms with Crippen molar-refractivity contribution in [2.24, 2.45) is 0 Å². The zero-order valence-corrected chi connectivity index (χ0v) is 15.7. The minimum Gasteiger partial charge on any atom is -0.450 e. The van der Waals surface area contributed by atoms with Crippen molar-refractivity contribution in [1.82, 2.24) is 5.16 Å². The zero-order chi connectivity index (χ0) is 20.3. The molecule has 2 aromatic heterocycles. The Labute approximate surface area is 168 Å². The van der Waals surface area contributed by atoms with Crippen molar-refractivity contribution in [3.8, 4) is 0 Å². The molecule has 1 atom stereocenters. The molecule has 144 valence electrons. The highest BCUT2D eigenvalue weighted by Crippen LogP contribution is 2.41. The molecule has 4 aromatic rings. The van der Waals surface area contributed by atoms with Gasteiger partial charge in [-0.1, -0.05) is 35.0 Å². The number of benzene rings is 2. The molecule has 0 saturated heterocycles. The van der Waals surface area contributed by atoms with Crippen molar-refractivity contribution in [2.45, 2.75) is 13.0 Å². The number of hydrogen-bond acceptors (Lipinski definition) is 5. The van der Waals surface area contributed by atoms with E-state index in [-0.39, 0.29) is 33.7 Å². The molecule has 0 spiro atoms. The first-order valence-corrected chi connectivity index (χ1v) is 9.11. The number of aromatic nitrogens is 1. The predicted molar refractivity (Wildman–Crippen MR) is 104 cm³/mol. The molecule has 29 heavy (non-hydrogen) atoms. The maximum absolute atomic E-state index is 14.7. The summed E-state index contributed by atoms with van der Waals surface area (Å²) in [7, 11) is 0. The molecule has 1 aliphatic rings. The normalized spacial score (nSPS) is 15.9. The first-order valence-electron chi connectivity index (χ1n) is 8.73. The third kappa shape index (κ3) is 2.58. The molecule has 1 amide bonds. The third-order valence-electron chi connectivity index (χ3n) is 4.89. The molecule has 1 aliphatic heterocycles. The lowest BCUT2D eigenvalue weighted by atomic mass is 9.98. The number of rotatable bonds is 2. The van der Waals surface area contributed by atoms with Gasteiger partial charge in [0.15, 0.2) is 11.2 Å². The number of nitrogens with zero attached hydrogens (tertiary/aromatic N) is 2. The van der Waals surface area contributed by atoms with Gasteiger partial charge in [0.2, 0.25) is 5.76 Å². The number of anilines is 1. The zero-order valence-electron chi connectivity index (χ0n) is 15.0. The highest BCUT2D eigenvalue weighted by molar-refractivity contribution is 6.31. The number of fused-ring (bicyclic) bond motifs is 2. The van der Waals surface area contributed by atoms with Crippen molar-refractivity contribution in [3.05, 3.63) is 92.2 Å². The quantitative estimate of drug-likeness (QED) is 0.481. The van der Waals surface area contributed by atoms with E-state index in [1.807, 2.05) is 0 Å². The van der Waals surface area contributed by atoms with E-state index in [4.69, 9.17) is 20.5 Å². The van der Waals surface area contributed by atoms with Crippen LogP contribution in [-0.2, 0) is 0 Å². The summed E-state index contributed by atoms with van der Waals surface area (Å²) in [4.78, 5) is 27.8. The predicted octanol–water partition coefficient (Wildman–Crippen LogP) is 4.63. The summed E-state index contributed by atoms with van der Waals surface area (Å²) < 4.78 is 25.6. The van der Waals surface area contributed by atoms with Crippen molar-refractivity contribution in [2.75, 3.05) is 4.90 Å². The molecule has 6 nitrogen and oxygen atoms in total. The van der Waals surface area contributed by atoms with Crippen LogP contribution in [0.2, 0.25) is 5.02 Å². The van der Waals surface area contributed by atoms with Crippen LogP contribution in [0.5, 0.6) is 0 Å². The van der Waals surface area contributed by atoms with Crippen LogP contribution in [0.15, 0.2) is 62.3 Å². The van der Waals surface area contributed by atoms with E-state index in [9.17, 15) is 14.0 Å². The number of carbonyl (C=O) groups excluding carboxylic acids is 1. The molecule has 2 aromatic carbocycles. The van der Waals surface area contributed by atoms with Crippen LogP contribution in [0.3, 0.4) is 0 Å². The van der Waals surface area contributed by atoms with E-state index in [0.29, 0.717) is 10.8 Å². The first-order chi connectivity index (χ1) is 14.0. The average molecular weight is 411 g/mol. The van der Waals surface area contributed by atoms with Gasteiger partial charge in [-0.05, 0) is 31.2 Å². The summed E-state index contributed by atoms with van der Waals surface area (Å²) >= 11 is 6.04. The van der Waals surface area contributed by atoms with Crippen molar-refractivity contribution in [3.63, 3.8) is 0 Å². The van der Waals surface area contributed by atoms with Crippen LogP contribution >= 0.6 is 11.6 Å². The van der Waals surface area contributed by atoms with Gasteiger partial charge < -0.3 is 8.94 Å². The summed E-state index contributed by atoms with van der Waals surface area (Å²) in [6, 6.07) is 11.0. The summed E-state index contributed by atoms with van der Waals surface area (Å²) in [6.45, 7) is 1.67. The number of hydrogen-bond donors (Lipinski definition) is 0. The van der Waals surface area contributed by atoms with E-state index < -0.39 is 23.2 Å². The standard InChI is InChI=1S/C21H12ClFN2O4/c1-10-8-16(24-29-10)25-18(12-4-2-3-5-14(12)23)17-19(26)13-9-11(22)6-7-15(13)28-20(17)21(25)27/h2-9,18H,1H3. The lowest BCUT2D eigenvalue weighted by molar-refractivity contribution is 0.0969. The van der Waals surface area contributed by atoms with Crippen molar-refractivity contribution in [1.29, 1.82) is 0 Å². The van der Waals surface area contributed by atoms with Crippen molar-refractivity contribution >= 4 is 34.3 Å². The summed E-state index contributed by atoms with van der Waals surface area (Å²) in [5.74, 6) is -0.691. The van der Waals surface area contributed by atoms with Gasteiger partial charge in [0.05, 0.1) is 17.0 Å². The summed E-state index contributed by atoms with van der Waals surface area (Å²) in [5.41, 5.74) is -0.0468. The highest BCUT2D eigenvalue weighted by atomic mass is 35.5. The topological polar surface area (TPSA) is 76.6 Å². The van der Waals surface area contributed by atoms with Crippen LogP contribution in [0.1, 0.15) is 33.5 Å². The van der Waals surface area contributed by atoms with E-state index in [0.717, 1.165) is 0 Å². The van der Waals surface area contributed by atoms with Gasteiger partial charge in [0.1, 0.15) is 17.2 Å². The highest BCUT2D eigenvalue weighted by Gasteiger charge is 2.45. The SMILES string of the molecule is Cc1cc(N2C(=O)c3oc4ccc(Cl)cc4c(=O)c3C2c2ccccc2F)no1. The van der Waals surface area contributed by atoms with Gasteiger partial charge in [0.25, 0.3) is 5.91 Å². The Hall–Kier alpha value is -3.45. The second-order valence-electron chi connectivity index (χ2n) is 6.71. The lowest BCUT2D eigenvalue weighted by Gasteiger charge is -2.22.